The quantitative estimate of drug-likeness (QED) is 0.475. The molecular formula is C25H32ClN4O3+. The number of methoxy groups -OCH3 is 2. The van der Waals surface area contributed by atoms with Crippen LogP contribution in [0.25, 0.3) is 5.69 Å². The Balaban J connectivity index is 1.76. The standard InChI is InChI=1S/C25H31ClN4O3/c1-16(15-27)30(28)13-11-22-21-7-5-12-29(21)20-10-9-17(26)14-19(20)24(33-22)18-6-4-8-23(31-2)25(18)32-3/h4-10,12,14-15,18,22,24-25H,11,13,27-28H2,1-3H3/p+1. The highest BCUT2D eigenvalue weighted by Crippen LogP contribution is 2.45. The van der Waals surface area contributed by atoms with Crippen LogP contribution in [0.2, 0.25) is 5.02 Å². The van der Waals surface area contributed by atoms with E-state index >= 15 is 0 Å². The Labute approximate surface area is 199 Å². The van der Waals surface area contributed by atoms with Gasteiger partial charge in [0.15, 0.2) is 0 Å². The molecule has 2 heterocycles. The third kappa shape index (κ3) is 4.60. The van der Waals surface area contributed by atoms with Gasteiger partial charge in [-0.3, -0.25) is 0 Å². The minimum Gasteiger partial charge on any atom is -0.498 e. The van der Waals surface area contributed by atoms with Crippen LogP contribution in [-0.2, 0) is 14.2 Å². The van der Waals surface area contributed by atoms with Crippen molar-refractivity contribution in [3.8, 4) is 5.69 Å². The zero-order valence-electron chi connectivity index (χ0n) is 19.3. The predicted octanol–water partition coefficient (Wildman–Crippen LogP) is 3.64. The molecule has 176 valence electrons. The van der Waals surface area contributed by atoms with Crippen LogP contribution in [0.4, 0.5) is 0 Å². The van der Waals surface area contributed by atoms with E-state index in [1.54, 1.807) is 25.4 Å². The number of fused-ring (bicyclic) bond motifs is 3. The lowest BCUT2D eigenvalue weighted by atomic mass is 9.86. The van der Waals surface area contributed by atoms with E-state index < -0.39 is 0 Å². The molecule has 0 bridgehead atoms. The zero-order chi connectivity index (χ0) is 23.5. The monoisotopic (exact) mass is 471 g/mol. The Kier molecular flexibility index (Phi) is 7.26. The molecule has 4 unspecified atom stereocenters. The summed E-state index contributed by atoms with van der Waals surface area (Å²) in [5.74, 6) is 6.89. The molecule has 2 aliphatic rings. The summed E-state index contributed by atoms with van der Waals surface area (Å²) < 4.78 is 20.6. The van der Waals surface area contributed by atoms with E-state index in [9.17, 15) is 0 Å². The van der Waals surface area contributed by atoms with Gasteiger partial charge in [-0.2, -0.15) is 0 Å². The number of halogens is 1. The lowest BCUT2D eigenvalue weighted by Gasteiger charge is -2.35. The van der Waals surface area contributed by atoms with Gasteiger partial charge in [0.1, 0.15) is 24.2 Å². The third-order valence-corrected chi connectivity index (χ3v) is 6.66. The highest BCUT2D eigenvalue weighted by atomic mass is 35.5. The van der Waals surface area contributed by atoms with Gasteiger partial charge < -0.3 is 29.5 Å². The fourth-order valence-electron chi connectivity index (χ4n) is 4.61. The number of aromatic nitrogens is 1. The van der Waals surface area contributed by atoms with Gasteiger partial charge in [-0.05, 0) is 49.8 Å². The molecule has 0 saturated heterocycles. The Bertz CT molecular complexity index is 1080. The van der Waals surface area contributed by atoms with Gasteiger partial charge in [-0.15, -0.1) is 0 Å². The summed E-state index contributed by atoms with van der Waals surface area (Å²) in [6.07, 6.45) is 9.79. The van der Waals surface area contributed by atoms with Crippen molar-refractivity contribution in [2.75, 3.05) is 20.8 Å². The maximum atomic E-state index is 6.90. The zero-order valence-corrected chi connectivity index (χ0v) is 20.0. The summed E-state index contributed by atoms with van der Waals surface area (Å²) in [6.45, 7) is 2.56. The topological polar surface area (TPSA) is 89.5 Å². The summed E-state index contributed by atoms with van der Waals surface area (Å²) in [5, 5.41) is 2.37. The van der Waals surface area contributed by atoms with Crippen molar-refractivity contribution in [1.29, 1.82) is 0 Å². The van der Waals surface area contributed by atoms with Crippen LogP contribution < -0.4 is 11.6 Å². The molecule has 8 heteroatoms. The van der Waals surface area contributed by atoms with Crippen LogP contribution in [-0.4, -0.2) is 36.4 Å². The second-order valence-corrected chi connectivity index (χ2v) is 8.71. The van der Waals surface area contributed by atoms with E-state index in [0.717, 1.165) is 28.4 Å². The first-order valence-electron chi connectivity index (χ1n) is 11.0. The first kappa shape index (κ1) is 23.6. The van der Waals surface area contributed by atoms with Gasteiger partial charge in [-0.1, -0.05) is 23.8 Å². The maximum absolute atomic E-state index is 6.90. The smallest absolute Gasteiger partial charge is 0.125 e. The molecule has 0 radical (unpaired) electrons. The fraction of sp³-hybridized carbons (Fsp3) is 0.360. The van der Waals surface area contributed by atoms with E-state index in [1.807, 2.05) is 43.3 Å². The number of nitrogens with zero attached hydrogens (tertiary/aromatic N) is 2. The number of rotatable bonds is 7. The van der Waals surface area contributed by atoms with Crippen LogP contribution >= 0.6 is 11.6 Å². The van der Waals surface area contributed by atoms with E-state index in [0.29, 0.717) is 18.0 Å². The molecule has 1 aromatic heterocycles. The highest BCUT2D eigenvalue weighted by Gasteiger charge is 2.39. The SMILES string of the molecule is COC1=CC=CC(C2OC(CCN(N)C(C)=C[NH3+])c3cccn3-c3ccc(Cl)cc32)C1OC. The van der Waals surface area contributed by atoms with Gasteiger partial charge in [0.2, 0.25) is 0 Å². The molecule has 0 fully saturated rings. The van der Waals surface area contributed by atoms with E-state index in [4.69, 9.17) is 31.7 Å². The van der Waals surface area contributed by atoms with Crippen LogP contribution in [0.1, 0.15) is 36.8 Å². The van der Waals surface area contributed by atoms with Crippen LogP contribution in [0, 0.1) is 5.92 Å². The molecular weight excluding hydrogens is 440 g/mol. The number of quaternary nitrogens is 1. The second kappa shape index (κ2) is 10.2. The van der Waals surface area contributed by atoms with E-state index in [2.05, 4.69) is 28.6 Å². The largest absolute Gasteiger partial charge is 0.498 e. The number of ether oxygens (including phenoxy) is 3. The molecule has 5 N–H and O–H groups in total. The maximum Gasteiger partial charge on any atom is 0.125 e. The summed E-state index contributed by atoms with van der Waals surface area (Å²) in [7, 11) is 3.36. The van der Waals surface area contributed by atoms with Gasteiger partial charge >= 0.3 is 0 Å². The molecule has 4 atom stereocenters. The molecule has 1 aliphatic carbocycles. The molecule has 2 aromatic rings. The average molecular weight is 472 g/mol. The van der Waals surface area contributed by atoms with Crippen molar-refractivity contribution in [1.82, 2.24) is 9.58 Å². The number of nitrogens with two attached hydrogens (primary N) is 1. The van der Waals surface area contributed by atoms with Crippen molar-refractivity contribution in [3.63, 3.8) is 0 Å². The molecule has 1 aromatic carbocycles. The Hall–Kier alpha value is -2.55. The minimum absolute atomic E-state index is 0.102. The number of benzene rings is 1. The van der Waals surface area contributed by atoms with Gasteiger partial charge in [-0.25, -0.2) is 5.84 Å². The first-order valence-corrected chi connectivity index (χ1v) is 11.4. The second-order valence-electron chi connectivity index (χ2n) is 8.27. The van der Waals surface area contributed by atoms with Crippen molar-refractivity contribution >= 4 is 11.6 Å². The predicted molar refractivity (Wildman–Crippen MR) is 128 cm³/mol. The van der Waals surface area contributed by atoms with Crippen molar-refractivity contribution < 1.29 is 19.9 Å². The highest BCUT2D eigenvalue weighted by molar-refractivity contribution is 6.30. The van der Waals surface area contributed by atoms with Crippen molar-refractivity contribution in [3.05, 3.63) is 88.7 Å². The van der Waals surface area contributed by atoms with Crippen molar-refractivity contribution in [2.45, 2.75) is 31.7 Å². The Morgan fingerprint density at radius 3 is 2.88 bits per heavy atom. The number of hydrazine groups is 1. The lowest BCUT2D eigenvalue weighted by Crippen LogP contribution is -2.43. The minimum atomic E-state index is -0.306. The first-order chi connectivity index (χ1) is 16.0. The molecule has 33 heavy (non-hydrogen) atoms. The normalized spacial score (nSPS) is 24.5. The number of hydrogen-bond donors (Lipinski definition) is 2. The molecule has 7 nitrogen and oxygen atoms in total. The van der Waals surface area contributed by atoms with Crippen molar-refractivity contribution in [2.24, 2.45) is 11.8 Å². The number of allylic oxidation sites excluding steroid dienone is 3. The van der Waals surface area contributed by atoms with Crippen LogP contribution in [0.3, 0.4) is 0 Å². The van der Waals surface area contributed by atoms with E-state index in [-0.39, 0.29) is 24.2 Å². The lowest BCUT2D eigenvalue weighted by molar-refractivity contribution is -0.277. The summed E-state index contributed by atoms with van der Waals surface area (Å²) in [5.41, 5.74) is 7.85. The van der Waals surface area contributed by atoms with Gasteiger partial charge in [0.25, 0.3) is 0 Å². The summed E-state index contributed by atoms with van der Waals surface area (Å²) in [6, 6.07) is 10.1. The Morgan fingerprint density at radius 1 is 1.33 bits per heavy atom. The van der Waals surface area contributed by atoms with Gasteiger partial charge in [0.05, 0.1) is 30.3 Å². The molecule has 1 aliphatic heterocycles. The van der Waals surface area contributed by atoms with Crippen LogP contribution in [0.5, 0.6) is 0 Å². The molecule has 0 amide bonds. The summed E-state index contributed by atoms with van der Waals surface area (Å²) in [4.78, 5) is 0. The average Bonchev–Trinajstić information content (AvgIpc) is 3.28. The van der Waals surface area contributed by atoms with E-state index in [1.165, 1.54) is 0 Å². The molecule has 4 rings (SSSR count). The van der Waals surface area contributed by atoms with Crippen LogP contribution in [0.15, 0.2) is 72.4 Å². The summed E-state index contributed by atoms with van der Waals surface area (Å²) >= 11 is 6.47. The molecule has 0 saturated carbocycles. The number of hydrogen-bond acceptors (Lipinski definition) is 5. The third-order valence-electron chi connectivity index (χ3n) is 6.42. The Morgan fingerprint density at radius 2 is 2.15 bits per heavy atom. The fourth-order valence-corrected chi connectivity index (χ4v) is 4.79. The van der Waals surface area contributed by atoms with Gasteiger partial charge in [0, 0.05) is 36.4 Å². The molecule has 0 spiro atoms.